The van der Waals surface area contributed by atoms with E-state index in [9.17, 15) is 9.18 Å². The van der Waals surface area contributed by atoms with E-state index in [0.717, 1.165) is 0 Å². The fourth-order valence-electron chi connectivity index (χ4n) is 1.36. The minimum absolute atomic E-state index is 0.0750. The molecule has 0 unspecified atom stereocenters. The summed E-state index contributed by atoms with van der Waals surface area (Å²) in [5.74, 6) is -0.279. The number of carbonyl (C=O) groups excluding carboxylic acids is 1. The number of aromatic nitrogens is 2. The average Bonchev–Trinajstić information content (AvgIpc) is 2.70. The molecule has 1 aromatic heterocycles. The Morgan fingerprint density at radius 2 is 2.31 bits per heavy atom. The van der Waals surface area contributed by atoms with Crippen molar-refractivity contribution >= 4 is 21.7 Å². The zero-order valence-electron chi connectivity index (χ0n) is 8.21. The quantitative estimate of drug-likeness (QED) is 0.880. The molecule has 82 valence electrons. The minimum atomic E-state index is -0.522. The first-order valence-electron chi connectivity index (χ1n) is 4.63. The van der Waals surface area contributed by atoms with Gasteiger partial charge in [-0.1, -0.05) is 15.9 Å². The van der Waals surface area contributed by atoms with E-state index >= 15 is 0 Å². The normalized spacial score (nSPS) is 10.4. The van der Waals surface area contributed by atoms with Gasteiger partial charge in [0.25, 0.3) is 0 Å². The third kappa shape index (κ3) is 2.36. The molecular formula is C11H8BrFN2O. The topological polar surface area (TPSA) is 45.8 Å². The number of hydrogen-bond acceptors (Lipinski definition) is 2. The summed E-state index contributed by atoms with van der Waals surface area (Å²) in [5, 5.41) is 0. The zero-order valence-corrected chi connectivity index (χ0v) is 9.79. The van der Waals surface area contributed by atoms with Gasteiger partial charge in [0.1, 0.15) is 11.6 Å². The van der Waals surface area contributed by atoms with Gasteiger partial charge in [0.15, 0.2) is 5.78 Å². The van der Waals surface area contributed by atoms with Crippen LogP contribution in [0.2, 0.25) is 0 Å². The maximum absolute atomic E-state index is 13.4. The molecule has 1 aromatic carbocycles. The van der Waals surface area contributed by atoms with Gasteiger partial charge in [-0.3, -0.25) is 4.79 Å². The SMILES string of the molecule is O=C(Cc1ncc[nH]1)c1ccc(Br)cc1F. The summed E-state index contributed by atoms with van der Waals surface area (Å²) in [4.78, 5) is 18.5. The van der Waals surface area contributed by atoms with Crippen molar-refractivity contribution in [1.82, 2.24) is 9.97 Å². The van der Waals surface area contributed by atoms with Crippen LogP contribution in [-0.4, -0.2) is 15.8 Å². The summed E-state index contributed by atoms with van der Waals surface area (Å²) in [5.41, 5.74) is 0.0830. The first-order chi connectivity index (χ1) is 7.66. The molecule has 0 aliphatic heterocycles. The number of ketones is 1. The summed E-state index contributed by atoms with van der Waals surface area (Å²) in [6.45, 7) is 0. The van der Waals surface area contributed by atoms with Crippen molar-refractivity contribution in [1.29, 1.82) is 0 Å². The van der Waals surface area contributed by atoms with Crippen molar-refractivity contribution in [3.05, 3.63) is 52.3 Å². The highest BCUT2D eigenvalue weighted by atomic mass is 79.9. The Balaban J connectivity index is 2.21. The summed E-state index contributed by atoms with van der Waals surface area (Å²) in [7, 11) is 0. The van der Waals surface area contributed by atoms with Crippen molar-refractivity contribution in [2.75, 3.05) is 0 Å². The Morgan fingerprint density at radius 1 is 1.50 bits per heavy atom. The molecule has 0 saturated carbocycles. The highest BCUT2D eigenvalue weighted by Crippen LogP contribution is 2.16. The van der Waals surface area contributed by atoms with Crippen molar-refractivity contribution in [2.45, 2.75) is 6.42 Å². The molecule has 0 bridgehead atoms. The summed E-state index contributed by atoms with van der Waals surface area (Å²) < 4.78 is 14.1. The molecular weight excluding hydrogens is 275 g/mol. The van der Waals surface area contributed by atoms with Gasteiger partial charge in [0.2, 0.25) is 0 Å². The monoisotopic (exact) mass is 282 g/mol. The Morgan fingerprint density at radius 3 is 2.94 bits per heavy atom. The Labute approximate surface area is 99.8 Å². The van der Waals surface area contributed by atoms with Gasteiger partial charge in [-0.2, -0.15) is 0 Å². The van der Waals surface area contributed by atoms with E-state index in [1.54, 1.807) is 18.5 Å². The Kier molecular flexibility index (Phi) is 3.14. The predicted molar refractivity (Wildman–Crippen MR) is 60.7 cm³/mol. The van der Waals surface area contributed by atoms with Crippen molar-refractivity contribution < 1.29 is 9.18 Å². The fourth-order valence-corrected chi connectivity index (χ4v) is 1.69. The van der Waals surface area contributed by atoms with Crippen molar-refractivity contribution in [3.63, 3.8) is 0 Å². The molecule has 5 heteroatoms. The standard InChI is InChI=1S/C11H8BrFN2O/c12-7-1-2-8(9(13)5-7)10(16)6-11-14-3-4-15-11/h1-5H,6H2,(H,14,15). The first-order valence-corrected chi connectivity index (χ1v) is 5.42. The molecule has 0 atom stereocenters. The van der Waals surface area contributed by atoms with Gasteiger partial charge >= 0.3 is 0 Å². The number of carbonyl (C=O) groups is 1. The second-order valence-electron chi connectivity index (χ2n) is 3.26. The largest absolute Gasteiger partial charge is 0.348 e. The predicted octanol–water partition coefficient (Wildman–Crippen LogP) is 2.74. The van der Waals surface area contributed by atoms with E-state index in [0.29, 0.717) is 10.3 Å². The third-order valence-electron chi connectivity index (χ3n) is 2.11. The molecule has 0 saturated heterocycles. The lowest BCUT2D eigenvalue weighted by Gasteiger charge is -2.01. The molecule has 16 heavy (non-hydrogen) atoms. The number of hydrogen-bond donors (Lipinski definition) is 1. The number of imidazole rings is 1. The minimum Gasteiger partial charge on any atom is -0.348 e. The molecule has 1 N–H and O–H groups in total. The second kappa shape index (κ2) is 4.57. The zero-order chi connectivity index (χ0) is 11.5. The lowest BCUT2D eigenvalue weighted by atomic mass is 10.1. The molecule has 1 heterocycles. The molecule has 0 radical (unpaired) electrons. The molecule has 2 aromatic rings. The maximum atomic E-state index is 13.4. The molecule has 0 aliphatic carbocycles. The van der Waals surface area contributed by atoms with E-state index in [1.165, 1.54) is 12.1 Å². The van der Waals surface area contributed by atoms with Crippen molar-refractivity contribution in [2.24, 2.45) is 0 Å². The molecule has 0 amide bonds. The lowest BCUT2D eigenvalue weighted by molar-refractivity contribution is 0.0987. The summed E-state index contributed by atoms with van der Waals surface area (Å²) in [6, 6.07) is 4.37. The molecule has 3 nitrogen and oxygen atoms in total. The van der Waals surface area contributed by atoms with Gasteiger partial charge < -0.3 is 4.98 Å². The number of H-pyrrole nitrogens is 1. The summed E-state index contributed by atoms with van der Waals surface area (Å²) >= 11 is 3.14. The highest BCUT2D eigenvalue weighted by Gasteiger charge is 2.13. The van der Waals surface area contributed by atoms with Gasteiger partial charge in [0, 0.05) is 16.9 Å². The van der Waals surface area contributed by atoms with E-state index in [4.69, 9.17) is 0 Å². The summed E-state index contributed by atoms with van der Waals surface area (Å²) in [6.07, 6.45) is 3.26. The van der Waals surface area contributed by atoms with Crippen LogP contribution in [0, 0.1) is 5.82 Å². The van der Waals surface area contributed by atoms with Crippen LogP contribution in [0.1, 0.15) is 16.2 Å². The van der Waals surface area contributed by atoms with Gasteiger partial charge in [-0.05, 0) is 18.2 Å². The number of nitrogens with one attached hydrogen (secondary N) is 1. The Hall–Kier alpha value is -1.49. The second-order valence-corrected chi connectivity index (χ2v) is 4.18. The number of halogens is 2. The Bertz CT molecular complexity index is 511. The fraction of sp³-hybridized carbons (Fsp3) is 0.0909. The van der Waals surface area contributed by atoms with Crippen LogP contribution in [0.4, 0.5) is 4.39 Å². The van der Waals surface area contributed by atoms with Gasteiger partial charge in [0.05, 0.1) is 12.0 Å². The average molecular weight is 283 g/mol. The van der Waals surface area contributed by atoms with Crippen LogP contribution < -0.4 is 0 Å². The molecule has 0 spiro atoms. The van der Waals surface area contributed by atoms with Crippen LogP contribution >= 0.6 is 15.9 Å². The van der Waals surface area contributed by atoms with Crippen LogP contribution in [-0.2, 0) is 6.42 Å². The first kappa shape index (κ1) is 11.0. The van der Waals surface area contributed by atoms with Crippen LogP contribution in [0.25, 0.3) is 0 Å². The van der Waals surface area contributed by atoms with E-state index in [1.807, 2.05) is 0 Å². The lowest BCUT2D eigenvalue weighted by Crippen LogP contribution is -2.07. The van der Waals surface area contributed by atoms with Crippen LogP contribution in [0.5, 0.6) is 0 Å². The third-order valence-corrected chi connectivity index (χ3v) is 2.61. The maximum Gasteiger partial charge on any atom is 0.173 e. The van der Waals surface area contributed by atoms with Crippen molar-refractivity contribution in [3.8, 4) is 0 Å². The van der Waals surface area contributed by atoms with E-state index < -0.39 is 5.82 Å². The van der Waals surface area contributed by atoms with Gasteiger partial charge in [-0.25, -0.2) is 9.37 Å². The van der Waals surface area contributed by atoms with E-state index in [2.05, 4.69) is 25.9 Å². The van der Waals surface area contributed by atoms with Gasteiger partial charge in [-0.15, -0.1) is 0 Å². The number of nitrogens with zero attached hydrogens (tertiary/aromatic N) is 1. The number of aromatic amines is 1. The van der Waals surface area contributed by atoms with E-state index in [-0.39, 0.29) is 17.8 Å². The molecule has 0 fully saturated rings. The van der Waals surface area contributed by atoms with Crippen LogP contribution in [0.3, 0.4) is 0 Å². The highest BCUT2D eigenvalue weighted by molar-refractivity contribution is 9.10. The smallest absolute Gasteiger partial charge is 0.173 e. The number of benzene rings is 1. The molecule has 0 aliphatic rings. The molecule has 2 rings (SSSR count). The number of rotatable bonds is 3. The number of Topliss-reactive ketones (excluding diaryl/α,β-unsaturated/α-hetero) is 1. The van der Waals surface area contributed by atoms with Crippen LogP contribution in [0.15, 0.2) is 35.1 Å².